The van der Waals surface area contributed by atoms with Crippen molar-refractivity contribution in [1.82, 2.24) is 15.1 Å². The van der Waals surface area contributed by atoms with Crippen LogP contribution in [0.15, 0.2) is 54.7 Å². The molecule has 1 aromatic heterocycles. The molecule has 136 valence electrons. The fourth-order valence-electron chi connectivity index (χ4n) is 2.78. The average molecular weight is 352 g/mol. The van der Waals surface area contributed by atoms with Crippen molar-refractivity contribution in [1.29, 1.82) is 0 Å². The highest BCUT2D eigenvalue weighted by Gasteiger charge is 2.30. The largest absolute Gasteiger partial charge is 0.379 e. The fourth-order valence-corrected chi connectivity index (χ4v) is 2.78. The molecule has 0 aliphatic carbocycles. The van der Waals surface area contributed by atoms with E-state index in [0.29, 0.717) is 5.69 Å². The van der Waals surface area contributed by atoms with Crippen LogP contribution in [0.3, 0.4) is 0 Å². The Morgan fingerprint density at radius 1 is 1.19 bits per heavy atom. The number of aliphatic hydroxyl groups is 1. The number of hydrogen-bond acceptors (Lipinski definition) is 4. The molecule has 26 heavy (non-hydrogen) atoms. The number of nitrogens with one attached hydrogen (secondary N) is 2. The maximum absolute atomic E-state index is 12.5. The molecule has 0 bridgehead atoms. The van der Waals surface area contributed by atoms with Gasteiger partial charge in [0, 0.05) is 11.9 Å². The Morgan fingerprint density at radius 3 is 2.69 bits per heavy atom. The standard InChI is InChI=1S/C20H24N4O2/c1-3-12-21-14-20(2,26)19(25)23-17-10-7-11-18-16(17)13-22-24(18)15-8-5-4-6-9-15/h4-11,13,21,26H,3,12,14H2,1-2H3,(H,23,25). The molecule has 0 aliphatic rings. The summed E-state index contributed by atoms with van der Waals surface area (Å²) in [6, 6.07) is 15.4. The van der Waals surface area contributed by atoms with Gasteiger partial charge in [0.25, 0.3) is 5.91 Å². The van der Waals surface area contributed by atoms with Crippen LogP contribution in [-0.2, 0) is 4.79 Å². The van der Waals surface area contributed by atoms with E-state index in [2.05, 4.69) is 15.7 Å². The van der Waals surface area contributed by atoms with Crippen molar-refractivity contribution in [3.63, 3.8) is 0 Å². The second-order valence-electron chi connectivity index (χ2n) is 6.54. The van der Waals surface area contributed by atoms with E-state index >= 15 is 0 Å². The number of nitrogens with zero attached hydrogens (tertiary/aromatic N) is 2. The summed E-state index contributed by atoms with van der Waals surface area (Å²) < 4.78 is 1.83. The van der Waals surface area contributed by atoms with Gasteiger partial charge in [-0.1, -0.05) is 31.2 Å². The van der Waals surface area contributed by atoms with Crippen molar-refractivity contribution < 1.29 is 9.90 Å². The normalized spacial score (nSPS) is 13.5. The molecule has 1 amide bonds. The molecule has 6 nitrogen and oxygen atoms in total. The lowest BCUT2D eigenvalue weighted by Gasteiger charge is -2.23. The molecule has 1 atom stereocenters. The zero-order chi connectivity index (χ0) is 18.6. The highest BCUT2D eigenvalue weighted by Crippen LogP contribution is 2.26. The molecule has 3 rings (SSSR count). The monoisotopic (exact) mass is 352 g/mol. The van der Waals surface area contributed by atoms with Crippen LogP contribution < -0.4 is 10.6 Å². The lowest BCUT2D eigenvalue weighted by atomic mass is 10.1. The molecule has 3 aromatic rings. The van der Waals surface area contributed by atoms with E-state index in [0.717, 1.165) is 29.6 Å². The number of hydrogen-bond donors (Lipinski definition) is 3. The van der Waals surface area contributed by atoms with Crippen molar-refractivity contribution in [2.24, 2.45) is 0 Å². The molecule has 6 heteroatoms. The molecule has 0 aliphatic heterocycles. The van der Waals surface area contributed by atoms with Crippen LogP contribution in [0.1, 0.15) is 20.3 Å². The molecule has 0 radical (unpaired) electrons. The minimum atomic E-state index is -1.49. The van der Waals surface area contributed by atoms with Crippen LogP contribution in [0.5, 0.6) is 0 Å². The van der Waals surface area contributed by atoms with Crippen molar-refractivity contribution >= 4 is 22.5 Å². The van der Waals surface area contributed by atoms with Gasteiger partial charge < -0.3 is 15.7 Å². The second kappa shape index (κ2) is 7.68. The van der Waals surface area contributed by atoms with Crippen molar-refractivity contribution in [2.75, 3.05) is 18.4 Å². The number of aromatic nitrogens is 2. The predicted octanol–water partition coefficient (Wildman–Crippen LogP) is 2.71. The van der Waals surface area contributed by atoms with Crippen molar-refractivity contribution in [3.05, 3.63) is 54.7 Å². The Kier molecular flexibility index (Phi) is 5.35. The maximum Gasteiger partial charge on any atom is 0.257 e. The third-order valence-corrected chi connectivity index (χ3v) is 4.25. The second-order valence-corrected chi connectivity index (χ2v) is 6.54. The topological polar surface area (TPSA) is 79.2 Å². The van der Waals surface area contributed by atoms with Crippen LogP contribution in [0.4, 0.5) is 5.69 Å². The molecule has 0 saturated carbocycles. The van der Waals surface area contributed by atoms with Gasteiger partial charge in [-0.15, -0.1) is 0 Å². The van der Waals surface area contributed by atoms with Crippen LogP contribution >= 0.6 is 0 Å². The summed E-state index contributed by atoms with van der Waals surface area (Å²) in [5.74, 6) is -0.443. The highest BCUT2D eigenvalue weighted by atomic mass is 16.3. The Hall–Kier alpha value is -2.70. The predicted molar refractivity (Wildman–Crippen MR) is 103 cm³/mol. The third kappa shape index (κ3) is 3.76. The SMILES string of the molecule is CCCNCC(C)(O)C(=O)Nc1cccc2c1cnn2-c1ccccc1. The molecule has 0 saturated heterocycles. The van der Waals surface area contributed by atoms with Gasteiger partial charge >= 0.3 is 0 Å². The van der Waals surface area contributed by atoms with E-state index in [1.807, 2.05) is 60.1 Å². The van der Waals surface area contributed by atoms with Crippen LogP contribution in [0, 0.1) is 0 Å². The summed E-state index contributed by atoms with van der Waals surface area (Å²) in [5.41, 5.74) is 0.970. The third-order valence-electron chi connectivity index (χ3n) is 4.25. The average Bonchev–Trinajstić information content (AvgIpc) is 3.07. The first-order valence-electron chi connectivity index (χ1n) is 8.79. The molecule has 3 N–H and O–H groups in total. The number of para-hydroxylation sites is 1. The van der Waals surface area contributed by atoms with Gasteiger partial charge in [-0.05, 0) is 44.2 Å². The number of carbonyl (C=O) groups excluding carboxylic acids is 1. The minimum Gasteiger partial charge on any atom is -0.379 e. The summed E-state index contributed by atoms with van der Waals surface area (Å²) in [6.45, 7) is 4.50. The van der Waals surface area contributed by atoms with Crippen LogP contribution in [-0.4, -0.2) is 39.5 Å². The molecule has 0 fully saturated rings. The van der Waals surface area contributed by atoms with E-state index in [4.69, 9.17) is 0 Å². The molecule has 2 aromatic carbocycles. The van der Waals surface area contributed by atoms with Crippen molar-refractivity contribution in [2.45, 2.75) is 25.9 Å². The van der Waals surface area contributed by atoms with Gasteiger partial charge in [0.05, 0.1) is 23.1 Å². The number of rotatable bonds is 7. The van der Waals surface area contributed by atoms with Crippen LogP contribution in [0.25, 0.3) is 16.6 Å². The number of amides is 1. The van der Waals surface area contributed by atoms with Gasteiger partial charge in [0.15, 0.2) is 5.60 Å². The number of fused-ring (bicyclic) bond motifs is 1. The smallest absolute Gasteiger partial charge is 0.257 e. The number of anilines is 1. The highest BCUT2D eigenvalue weighted by molar-refractivity contribution is 6.04. The quantitative estimate of drug-likeness (QED) is 0.571. The van der Waals surface area contributed by atoms with Gasteiger partial charge in [-0.25, -0.2) is 4.68 Å². The number of carbonyl (C=O) groups is 1. The Labute approximate surface area is 152 Å². The van der Waals surface area contributed by atoms with Crippen LogP contribution in [0.2, 0.25) is 0 Å². The van der Waals surface area contributed by atoms with E-state index in [1.54, 1.807) is 6.20 Å². The van der Waals surface area contributed by atoms with Gasteiger partial charge in [-0.3, -0.25) is 4.79 Å². The zero-order valence-corrected chi connectivity index (χ0v) is 15.1. The Bertz CT molecular complexity index is 887. The Balaban J connectivity index is 1.85. The summed E-state index contributed by atoms with van der Waals surface area (Å²) in [6.07, 6.45) is 2.66. The summed E-state index contributed by atoms with van der Waals surface area (Å²) in [7, 11) is 0. The molecule has 0 spiro atoms. The molecule has 1 unspecified atom stereocenters. The molecular weight excluding hydrogens is 328 g/mol. The van der Waals surface area contributed by atoms with E-state index in [1.165, 1.54) is 6.92 Å². The maximum atomic E-state index is 12.5. The van der Waals surface area contributed by atoms with E-state index in [9.17, 15) is 9.90 Å². The fraction of sp³-hybridized carbons (Fsp3) is 0.300. The first-order chi connectivity index (χ1) is 12.5. The first-order valence-corrected chi connectivity index (χ1v) is 8.79. The first kappa shape index (κ1) is 18.1. The zero-order valence-electron chi connectivity index (χ0n) is 15.1. The summed E-state index contributed by atoms with van der Waals surface area (Å²) in [5, 5.41) is 21.6. The van der Waals surface area contributed by atoms with Gasteiger partial charge in [-0.2, -0.15) is 5.10 Å². The van der Waals surface area contributed by atoms with E-state index in [-0.39, 0.29) is 6.54 Å². The minimum absolute atomic E-state index is 0.200. The van der Waals surface area contributed by atoms with Crippen molar-refractivity contribution in [3.8, 4) is 5.69 Å². The Morgan fingerprint density at radius 2 is 1.96 bits per heavy atom. The van der Waals surface area contributed by atoms with Gasteiger partial charge in [0.2, 0.25) is 0 Å². The summed E-state index contributed by atoms with van der Waals surface area (Å²) >= 11 is 0. The van der Waals surface area contributed by atoms with E-state index < -0.39 is 11.5 Å². The molecular formula is C20H24N4O2. The number of benzene rings is 2. The lowest BCUT2D eigenvalue weighted by molar-refractivity contribution is -0.131. The summed E-state index contributed by atoms with van der Waals surface area (Å²) in [4.78, 5) is 12.5. The van der Waals surface area contributed by atoms with Gasteiger partial charge in [0.1, 0.15) is 0 Å². The molecule has 1 heterocycles. The lowest BCUT2D eigenvalue weighted by Crippen LogP contribution is -2.48.